The molecule has 0 aliphatic carbocycles. The summed E-state index contributed by atoms with van der Waals surface area (Å²) in [7, 11) is 0. The van der Waals surface area contributed by atoms with Crippen molar-refractivity contribution in [1.29, 1.82) is 0 Å². The van der Waals surface area contributed by atoms with Crippen molar-refractivity contribution in [2.75, 3.05) is 19.6 Å². The monoisotopic (exact) mass is 290 g/mol. The van der Waals surface area contributed by atoms with E-state index in [-0.39, 0.29) is 24.9 Å². The van der Waals surface area contributed by atoms with Crippen LogP contribution < -0.4 is 5.32 Å². The lowest BCUT2D eigenvalue weighted by Gasteiger charge is -2.21. The summed E-state index contributed by atoms with van der Waals surface area (Å²) >= 11 is 0. The lowest BCUT2D eigenvalue weighted by Crippen LogP contribution is -2.39. The van der Waals surface area contributed by atoms with E-state index in [1.165, 1.54) is 0 Å². The van der Waals surface area contributed by atoms with Gasteiger partial charge in [-0.3, -0.25) is 14.5 Å². The maximum atomic E-state index is 12.0. The van der Waals surface area contributed by atoms with Crippen LogP contribution in [0.4, 0.5) is 0 Å². The van der Waals surface area contributed by atoms with Crippen LogP contribution in [0.15, 0.2) is 43.0 Å². The molecule has 1 rings (SSSR count). The minimum Gasteiger partial charge on any atom is -0.481 e. The Bertz CT molecular complexity index is 474. The van der Waals surface area contributed by atoms with Gasteiger partial charge in [0.25, 0.3) is 0 Å². The van der Waals surface area contributed by atoms with Gasteiger partial charge in [0.05, 0.1) is 19.0 Å². The number of carboxylic acids is 1. The molecule has 0 fully saturated rings. The standard InChI is InChI=1S/C16H22N2O3/c1-3-10-18(11-9-16(20)21)12-15(19)17-13(2)14-7-5-4-6-8-14/h3-8,13H,1,9-12H2,2H3,(H,17,19)(H,20,21). The van der Waals surface area contributed by atoms with Gasteiger partial charge in [-0.15, -0.1) is 6.58 Å². The molecule has 0 saturated carbocycles. The summed E-state index contributed by atoms with van der Waals surface area (Å²) in [5.74, 6) is -0.999. The molecule has 1 amide bonds. The Morgan fingerprint density at radius 1 is 1.38 bits per heavy atom. The molecule has 0 heterocycles. The summed E-state index contributed by atoms with van der Waals surface area (Å²) in [5, 5.41) is 11.6. The molecule has 1 aromatic carbocycles. The van der Waals surface area contributed by atoms with Crippen LogP contribution in [-0.4, -0.2) is 41.5 Å². The van der Waals surface area contributed by atoms with E-state index in [1.54, 1.807) is 11.0 Å². The second kappa shape index (κ2) is 8.92. The van der Waals surface area contributed by atoms with Gasteiger partial charge < -0.3 is 10.4 Å². The normalized spacial score (nSPS) is 11.9. The van der Waals surface area contributed by atoms with E-state index < -0.39 is 5.97 Å². The summed E-state index contributed by atoms with van der Waals surface area (Å²) in [6.45, 7) is 6.52. The minimum atomic E-state index is -0.873. The number of carboxylic acid groups (broad SMARTS) is 1. The number of carbonyl (C=O) groups excluding carboxylic acids is 1. The van der Waals surface area contributed by atoms with Crippen molar-refractivity contribution in [3.63, 3.8) is 0 Å². The molecule has 1 unspecified atom stereocenters. The smallest absolute Gasteiger partial charge is 0.304 e. The van der Waals surface area contributed by atoms with Crippen LogP contribution in [0.2, 0.25) is 0 Å². The third kappa shape index (κ3) is 6.72. The maximum absolute atomic E-state index is 12.0. The van der Waals surface area contributed by atoms with Gasteiger partial charge >= 0.3 is 5.97 Å². The molecule has 2 N–H and O–H groups in total. The van der Waals surface area contributed by atoms with Crippen molar-refractivity contribution in [3.05, 3.63) is 48.6 Å². The zero-order chi connectivity index (χ0) is 15.7. The van der Waals surface area contributed by atoms with Crippen LogP contribution in [0.1, 0.15) is 24.9 Å². The minimum absolute atomic E-state index is 0.00928. The molecule has 21 heavy (non-hydrogen) atoms. The molecular weight excluding hydrogens is 268 g/mol. The summed E-state index contributed by atoms with van der Waals surface area (Å²) in [4.78, 5) is 24.4. The number of aliphatic carboxylic acids is 1. The first-order valence-electron chi connectivity index (χ1n) is 6.92. The SMILES string of the molecule is C=CCN(CCC(=O)O)CC(=O)NC(C)c1ccccc1. The highest BCUT2D eigenvalue weighted by atomic mass is 16.4. The summed E-state index contributed by atoms with van der Waals surface area (Å²) < 4.78 is 0. The Kier molecular flexibility index (Phi) is 7.18. The highest BCUT2D eigenvalue weighted by Crippen LogP contribution is 2.10. The number of rotatable bonds is 9. The van der Waals surface area contributed by atoms with Crippen LogP contribution in [0, 0.1) is 0 Å². The van der Waals surface area contributed by atoms with Crippen LogP contribution in [0.5, 0.6) is 0 Å². The molecule has 0 aliphatic heterocycles. The van der Waals surface area contributed by atoms with Gasteiger partial charge in [-0.2, -0.15) is 0 Å². The van der Waals surface area contributed by atoms with Crippen molar-refractivity contribution >= 4 is 11.9 Å². The average molecular weight is 290 g/mol. The predicted octanol–water partition coefficient (Wildman–Crippen LogP) is 1.83. The highest BCUT2D eigenvalue weighted by Gasteiger charge is 2.13. The number of nitrogens with zero attached hydrogens (tertiary/aromatic N) is 1. The van der Waals surface area contributed by atoms with E-state index >= 15 is 0 Å². The molecule has 0 radical (unpaired) electrons. The number of nitrogens with one attached hydrogen (secondary N) is 1. The van der Waals surface area contributed by atoms with Crippen molar-refractivity contribution in [2.45, 2.75) is 19.4 Å². The topological polar surface area (TPSA) is 69.6 Å². The molecule has 0 bridgehead atoms. The average Bonchev–Trinajstić information content (AvgIpc) is 2.45. The van der Waals surface area contributed by atoms with Gasteiger partial charge in [-0.1, -0.05) is 36.4 Å². The highest BCUT2D eigenvalue weighted by molar-refractivity contribution is 5.78. The lowest BCUT2D eigenvalue weighted by molar-refractivity contribution is -0.137. The van der Waals surface area contributed by atoms with E-state index in [0.717, 1.165) is 5.56 Å². The van der Waals surface area contributed by atoms with Gasteiger partial charge in [0.2, 0.25) is 5.91 Å². The van der Waals surface area contributed by atoms with Gasteiger partial charge in [0, 0.05) is 13.1 Å². The van der Waals surface area contributed by atoms with Gasteiger partial charge in [-0.25, -0.2) is 0 Å². The Balaban J connectivity index is 2.49. The molecule has 1 atom stereocenters. The first kappa shape index (κ1) is 16.9. The fourth-order valence-corrected chi connectivity index (χ4v) is 1.99. The van der Waals surface area contributed by atoms with Gasteiger partial charge in [0.1, 0.15) is 0 Å². The number of hydrogen-bond donors (Lipinski definition) is 2. The van der Waals surface area contributed by atoms with E-state index in [0.29, 0.717) is 13.1 Å². The first-order valence-corrected chi connectivity index (χ1v) is 6.92. The molecule has 0 aliphatic rings. The molecule has 0 saturated heterocycles. The van der Waals surface area contributed by atoms with Crippen molar-refractivity contribution in [3.8, 4) is 0 Å². The summed E-state index contributed by atoms with van der Waals surface area (Å²) in [6, 6.07) is 9.61. The van der Waals surface area contributed by atoms with E-state index in [2.05, 4.69) is 11.9 Å². The molecule has 1 aromatic rings. The Morgan fingerprint density at radius 3 is 2.62 bits per heavy atom. The van der Waals surface area contributed by atoms with Crippen molar-refractivity contribution in [1.82, 2.24) is 10.2 Å². The Morgan fingerprint density at radius 2 is 2.05 bits per heavy atom. The predicted molar refractivity (Wildman–Crippen MR) is 81.9 cm³/mol. The third-order valence-corrected chi connectivity index (χ3v) is 3.07. The number of benzene rings is 1. The van der Waals surface area contributed by atoms with E-state index in [9.17, 15) is 9.59 Å². The van der Waals surface area contributed by atoms with Gasteiger partial charge in [-0.05, 0) is 12.5 Å². The number of amides is 1. The summed E-state index contributed by atoms with van der Waals surface area (Å²) in [5.41, 5.74) is 1.03. The maximum Gasteiger partial charge on any atom is 0.304 e. The fraction of sp³-hybridized carbons (Fsp3) is 0.375. The van der Waals surface area contributed by atoms with Crippen molar-refractivity contribution < 1.29 is 14.7 Å². The van der Waals surface area contributed by atoms with Gasteiger partial charge in [0.15, 0.2) is 0 Å². The molecule has 5 heteroatoms. The van der Waals surface area contributed by atoms with E-state index in [4.69, 9.17) is 5.11 Å². The molecule has 5 nitrogen and oxygen atoms in total. The van der Waals surface area contributed by atoms with Crippen molar-refractivity contribution in [2.24, 2.45) is 0 Å². The quantitative estimate of drug-likeness (QED) is 0.681. The lowest BCUT2D eigenvalue weighted by atomic mass is 10.1. The molecule has 114 valence electrons. The van der Waals surface area contributed by atoms with Crippen LogP contribution in [0.3, 0.4) is 0 Å². The van der Waals surface area contributed by atoms with Crippen LogP contribution >= 0.6 is 0 Å². The van der Waals surface area contributed by atoms with Crippen LogP contribution in [-0.2, 0) is 9.59 Å². The number of hydrogen-bond acceptors (Lipinski definition) is 3. The Labute approximate surface area is 125 Å². The molecule has 0 aromatic heterocycles. The second-order valence-corrected chi connectivity index (χ2v) is 4.87. The zero-order valence-electron chi connectivity index (χ0n) is 12.3. The molecule has 0 spiro atoms. The van der Waals surface area contributed by atoms with Crippen LogP contribution in [0.25, 0.3) is 0 Å². The third-order valence-electron chi connectivity index (χ3n) is 3.07. The first-order chi connectivity index (χ1) is 10.0. The number of carbonyl (C=O) groups is 2. The summed E-state index contributed by atoms with van der Waals surface area (Å²) in [6.07, 6.45) is 1.67. The second-order valence-electron chi connectivity index (χ2n) is 4.87. The largest absolute Gasteiger partial charge is 0.481 e. The fourth-order valence-electron chi connectivity index (χ4n) is 1.99. The molecular formula is C16H22N2O3. The Hall–Kier alpha value is -2.14. The van der Waals surface area contributed by atoms with E-state index in [1.807, 2.05) is 37.3 Å². The zero-order valence-corrected chi connectivity index (χ0v) is 12.3.